The first kappa shape index (κ1) is 18.1. The average Bonchev–Trinajstić information content (AvgIpc) is 3.23. The molecule has 0 saturated carbocycles. The first-order chi connectivity index (χ1) is 12.5. The summed E-state index contributed by atoms with van der Waals surface area (Å²) in [6.07, 6.45) is 0.899. The van der Waals surface area contributed by atoms with Crippen molar-refractivity contribution in [3.8, 4) is 0 Å². The largest absolute Gasteiger partial charge is 0.462 e. The number of carbonyl (C=O) groups excluding carboxylic acids is 2. The lowest BCUT2D eigenvalue weighted by molar-refractivity contribution is -0.125. The second kappa shape index (κ2) is 7.69. The number of carbonyl (C=O) groups is 2. The molecule has 1 aliphatic heterocycles. The number of halogens is 1. The van der Waals surface area contributed by atoms with Crippen LogP contribution >= 0.6 is 15.9 Å². The monoisotopic (exact) mass is 420 g/mol. The van der Waals surface area contributed by atoms with E-state index in [4.69, 9.17) is 9.57 Å². The van der Waals surface area contributed by atoms with Gasteiger partial charge in [-0.05, 0) is 19.1 Å². The number of nitrogens with one attached hydrogen (secondary N) is 1. The number of oxime groups is 1. The van der Waals surface area contributed by atoms with Gasteiger partial charge in [0.2, 0.25) is 6.10 Å². The number of esters is 1. The molecule has 8 nitrogen and oxygen atoms in total. The van der Waals surface area contributed by atoms with Crippen molar-refractivity contribution in [3.05, 3.63) is 46.1 Å². The van der Waals surface area contributed by atoms with Gasteiger partial charge in [-0.2, -0.15) is 5.10 Å². The van der Waals surface area contributed by atoms with Crippen LogP contribution in [-0.4, -0.2) is 40.1 Å². The number of anilines is 1. The van der Waals surface area contributed by atoms with Gasteiger partial charge in [0.25, 0.3) is 5.91 Å². The molecule has 9 heteroatoms. The van der Waals surface area contributed by atoms with Gasteiger partial charge in [0.05, 0.1) is 18.5 Å². The van der Waals surface area contributed by atoms with Crippen LogP contribution in [0.2, 0.25) is 0 Å². The fourth-order valence-corrected chi connectivity index (χ4v) is 2.90. The number of amides is 1. The Hall–Kier alpha value is -2.68. The minimum Gasteiger partial charge on any atom is -0.462 e. The van der Waals surface area contributed by atoms with Crippen molar-refractivity contribution in [2.24, 2.45) is 12.2 Å². The Labute approximate surface area is 158 Å². The summed E-state index contributed by atoms with van der Waals surface area (Å²) in [7, 11) is 1.62. The van der Waals surface area contributed by atoms with Crippen molar-refractivity contribution < 1.29 is 19.2 Å². The van der Waals surface area contributed by atoms with Gasteiger partial charge in [-0.25, -0.2) is 4.79 Å². The molecule has 1 aromatic heterocycles. The summed E-state index contributed by atoms with van der Waals surface area (Å²) in [4.78, 5) is 29.8. The molecule has 2 heterocycles. The molecule has 0 spiro atoms. The number of aromatic nitrogens is 2. The van der Waals surface area contributed by atoms with Gasteiger partial charge in [-0.15, -0.1) is 0 Å². The number of hydrogen-bond acceptors (Lipinski definition) is 6. The van der Waals surface area contributed by atoms with E-state index >= 15 is 0 Å². The van der Waals surface area contributed by atoms with Crippen molar-refractivity contribution in [2.75, 3.05) is 11.9 Å². The van der Waals surface area contributed by atoms with Crippen LogP contribution in [0.3, 0.4) is 0 Å². The Kier molecular flexibility index (Phi) is 5.36. The number of ether oxygens (including phenoxy) is 1. The molecule has 0 saturated heterocycles. The van der Waals surface area contributed by atoms with Gasteiger partial charge >= 0.3 is 5.97 Å². The van der Waals surface area contributed by atoms with E-state index in [0.717, 1.165) is 10.0 Å². The highest BCUT2D eigenvalue weighted by molar-refractivity contribution is 9.10. The van der Waals surface area contributed by atoms with Gasteiger partial charge < -0.3 is 14.9 Å². The summed E-state index contributed by atoms with van der Waals surface area (Å²) in [6, 6.07) is 7.59. The molecule has 1 unspecified atom stereocenters. The van der Waals surface area contributed by atoms with Gasteiger partial charge in [0, 0.05) is 23.5 Å². The van der Waals surface area contributed by atoms with Crippen LogP contribution in [0.15, 0.2) is 40.1 Å². The Morgan fingerprint density at radius 3 is 3.00 bits per heavy atom. The highest BCUT2D eigenvalue weighted by Gasteiger charge is 2.31. The average molecular weight is 421 g/mol. The second-order valence-electron chi connectivity index (χ2n) is 5.59. The van der Waals surface area contributed by atoms with Gasteiger partial charge in [-0.3, -0.25) is 9.48 Å². The lowest BCUT2D eigenvalue weighted by Gasteiger charge is -2.11. The molecule has 0 aliphatic carbocycles. The summed E-state index contributed by atoms with van der Waals surface area (Å²) in [5.74, 6) is -0.699. The number of benzene rings is 1. The van der Waals surface area contributed by atoms with E-state index in [2.05, 4.69) is 31.5 Å². The molecule has 0 fully saturated rings. The van der Waals surface area contributed by atoms with Crippen LogP contribution in [-0.2, 0) is 21.4 Å². The van der Waals surface area contributed by atoms with Gasteiger partial charge in [-0.1, -0.05) is 33.2 Å². The number of hydrogen-bond donors (Lipinski definition) is 1. The third-order valence-electron chi connectivity index (χ3n) is 3.79. The second-order valence-corrected chi connectivity index (χ2v) is 6.50. The fourth-order valence-electron chi connectivity index (χ4n) is 2.50. The molecule has 1 atom stereocenters. The molecule has 1 N–H and O–H groups in total. The quantitative estimate of drug-likeness (QED) is 0.749. The predicted molar refractivity (Wildman–Crippen MR) is 98.0 cm³/mol. The highest BCUT2D eigenvalue weighted by Crippen LogP contribution is 2.22. The minimum atomic E-state index is -0.783. The van der Waals surface area contributed by atoms with Crippen LogP contribution in [0.1, 0.15) is 29.3 Å². The lowest BCUT2D eigenvalue weighted by atomic mass is 10.0. The first-order valence-corrected chi connectivity index (χ1v) is 8.77. The molecule has 1 aromatic carbocycles. The van der Waals surface area contributed by atoms with Crippen molar-refractivity contribution in [2.45, 2.75) is 19.4 Å². The summed E-state index contributed by atoms with van der Waals surface area (Å²) >= 11 is 3.41. The number of aryl methyl sites for hydroxylation is 1. The number of rotatable bonds is 5. The van der Waals surface area contributed by atoms with Crippen molar-refractivity contribution >= 4 is 39.3 Å². The van der Waals surface area contributed by atoms with Crippen LogP contribution < -0.4 is 5.32 Å². The normalized spacial score (nSPS) is 16.0. The van der Waals surface area contributed by atoms with Crippen LogP contribution in [0.25, 0.3) is 0 Å². The minimum absolute atomic E-state index is 0.189. The molecule has 136 valence electrons. The summed E-state index contributed by atoms with van der Waals surface area (Å²) < 4.78 is 7.29. The summed E-state index contributed by atoms with van der Waals surface area (Å²) in [5, 5.41) is 10.7. The van der Waals surface area contributed by atoms with Crippen LogP contribution in [0.5, 0.6) is 0 Å². The van der Waals surface area contributed by atoms with E-state index in [1.165, 1.54) is 10.9 Å². The standard InChI is InChI=1S/C17H17BrN4O4/c1-3-25-17(24)12-9-19-22(2)15(12)20-16(23)14-8-13(21-26-14)10-5-4-6-11(18)7-10/h4-7,9,14H,3,8H2,1-2H3,(H,20,23). The zero-order chi connectivity index (χ0) is 18.7. The lowest BCUT2D eigenvalue weighted by Crippen LogP contribution is -2.29. The summed E-state index contributed by atoms with van der Waals surface area (Å²) in [5.41, 5.74) is 1.75. The molecule has 0 bridgehead atoms. The Balaban J connectivity index is 1.69. The van der Waals surface area contributed by atoms with Crippen LogP contribution in [0.4, 0.5) is 5.82 Å². The van der Waals surface area contributed by atoms with Crippen molar-refractivity contribution in [1.29, 1.82) is 0 Å². The van der Waals surface area contributed by atoms with Gasteiger partial charge in [0.1, 0.15) is 11.4 Å². The Bertz CT molecular complexity index is 877. The number of nitrogens with zero attached hydrogens (tertiary/aromatic N) is 3. The topological polar surface area (TPSA) is 94.8 Å². The highest BCUT2D eigenvalue weighted by atomic mass is 79.9. The molecule has 1 amide bonds. The predicted octanol–water partition coefficient (Wildman–Crippen LogP) is 2.49. The Morgan fingerprint density at radius 1 is 1.46 bits per heavy atom. The fraction of sp³-hybridized carbons (Fsp3) is 0.294. The maximum Gasteiger partial charge on any atom is 0.343 e. The van der Waals surface area contributed by atoms with Crippen LogP contribution in [0, 0.1) is 0 Å². The van der Waals surface area contributed by atoms with E-state index in [9.17, 15) is 9.59 Å². The van der Waals surface area contributed by atoms with E-state index in [0.29, 0.717) is 12.1 Å². The van der Waals surface area contributed by atoms with E-state index in [-0.39, 0.29) is 18.0 Å². The smallest absolute Gasteiger partial charge is 0.343 e. The SMILES string of the molecule is CCOC(=O)c1cnn(C)c1NC(=O)C1CC(c2cccc(Br)c2)=NO1. The molecule has 26 heavy (non-hydrogen) atoms. The zero-order valence-corrected chi connectivity index (χ0v) is 15.8. The molecular formula is C17H17BrN4O4. The van der Waals surface area contributed by atoms with Crippen molar-refractivity contribution in [3.63, 3.8) is 0 Å². The molecule has 1 aliphatic rings. The summed E-state index contributed by atoms with van der Waals surface area (Å²) in [6.45, 7) is 1.94. The molecule has 2 aromatic rings. The zero-order valence-electron chi connectivity index (χ0n) is 14.2. The molecule has 0 radical (unpaired) electrons. The van der Waals surface area contributed by atoms with Crippen molar-refractivity contribution in [1.82, 2.24) is 9.78 Å². The first-order valence-electron chi connectivity index (χ1n) is 7.98. The van der Waals surface area contributed by atoms with E-state index in [1.807, 2.05) is 24.3 Å². The maximum atomic E-state index is 12.5. The maximum absolute atomic E-state index is 12.5. The van der Waals surface area contributed by atoms with E-state index in [1.54, 1.807) is 14.0 Å². The van der Waals surface area contributed by atoms with Gasteiger partial charge in [0.15, 0.2) is 0 Å². The third kappa shape index (κ3) is 3.77. The molecular weight excluding hydrogens is 404 g/mol. The Morgan fingerprint density at radius 2 is 2.27 bits per heavy atom. The molecule has 3 rings (SSSR count). The van der Waals surface area contributed by atoms with E-state index < -0.39 is 18.0 Å². The third-order valence-corrected chi connectivity index (χ3v) is 4.29.